The van der Waals surface area contributed by atoms with Gasteiger partial charge in [0, 0.05) is 19.3 Å². The third-order valence-corrected chi connectivity index (χ3v) is 3.74. The SMILES string of the molecule is CCCCCCCCC(=O)O.COC(=O)CCCCCCCC(=O)O. The summed E-state index contributed by atoms with van der Waals surface area (Å²) in [7, 11) is 1.38. The number of ether oxygens (including phenoxy) is 1. The van der Waals surface area contributed by atoms with E-state index in [1.165, 1.54) is 32.8 Å². The topological polar surface area (TPSA) is 101 Å². The Balaban J connectivity index is 0. The van der Waals surface area contributed by atoms with Crippen molar-refractivity contribution >= 4 is 17.9 Å². The van der Waals surface area contributed by atoms with Crippen LogP contribution in [0.5, 0.6) is 0 Å². The Morgan fingerprint density at radius 3 is 1.36 bits per heavy atom. The molecule has 0 bridgehead atoms. The average Bonchev–Trinajstić information content (AvgIpc) is 2.57. The van der Waals surface area contributed by atoms with Crippen molar-refractivity contribution in [2.75, 3.05) is 7.11 Å². The minimum Gasteiger partial charge on any atom is -0.481 e. The monoisotopic (exact) mass is 360 g/mol. The maximum atomic E-state index is 10.7. The number of rotatable bonds is 15. The highest BCUT2D eigenvalue weighted by Gasteiger charge is 2.00. The van der Waals surface area contributed by atoms with Gasteiger partial charge in [-0.1, -0.05) is 58.3 Å². The predicted octanol–water partition coefficient (Wildman–Crippen LogP) is 4.80. The Hall–Kier alpha value is -1.59. The average molecular weight is 360 g/mol. The van der Waals surface area contributed by atoms with E-state index in [-0.39, 0.29) is 12.4 Å². The van der Waals surface area contributed by atoms with Crippen LogP contribution >= 0.6 is 0 Å². The van der Waals surface area contributed by atoms with Gasteiger partial charge < -0.3 is 14.9 Å². The summed E-state index contributed by atoms with van der Waals surface area (Å²) in [5.74, 6) is -1.57. The summed E-state index contributed by atoms with van der Waals surface area (Å²) in [6.07, 6.45) is 12.4. The smallest absolute Gasteiger partial charge is 0.305 e. The second kappa shape index (κ2) is 20.5. The van der Waals surface area contributed by atoms with E-state index >= 15 is 0 Å². The summed E-state index contributed by atoms with van der Waals surface area (Å²) < 4.78 is 4.49. The number of carbonyl (C=O) groups is 3. The number of esters is 1. The highest BCUT2D eigenvalue weighted by molar-refractivity contribution is 5.69. The summed E-state index contributed by atoms with van der Waals surface area (Å²) in [4.78, 5) is 30.9. The Labute approximate surface area is 152 Å². The molecule has 0 fully saturated rings. The molecule has 25 heavy (non-hydrogen) atoms. The molecule has 0 saturated heterocycles. The summed E-state index contributed by atoms with van der Waals surface area (Å²) in [6, 6.07) is 0. The molecule has 0 spiro atoms. The molecule has 0 heterocycles. The van der Waals surface area contributed by atoms with Gasteiger partial charge in [0.05, 0.1) is 7.11 Å². The Bertz CT molecular complexity index is 341. The number of methoxy groups -OCH3 is 1. The molecular formula is C19H36O6. The summed E-state index contributed by atoms with van der Waals surface area (Å²) in [5.41, 5.74) is 0. The van der Waals surface area contributed by atoms with Crippen LogP contribution in [0.3, 0.4) is 0 Å². The Kier molecular flexibility index (Phi) is 21.0. The van der Waals surface area contributed by atoms with E-state index in [1.807, 2.05) is 0 Å². The van der Waals surface area contributed by atoms with Crippen LogP contribution in [-0.4, -0.2) is 35.2 Å². The van der Waals surface area contributed by atoms with E-state index in [4.69, 9.17) is 10.2 Å². The molecule has 0 aromatic heterocycles. The molecule has 2 N–H and O–H groups in total. The number of aliphatic carboxylic acids is 2. The predicted molar refractivity (Wildman–Crippen MR) is 97.6 cm³/mol. The van der Waals surface area contributed by atoms with Gasteiger partial charge in [0.15, 0.2) is 0 Å². The van der Waals surface area contributed by atoms with Crippen LogP contribution in [0.4, 0.5) is 0 Å². The Morgan fingerprint density at radius 1 is 0.640 bits per heavy atom. The molecule has 0 atom stereocenters. The maximum absolute atomic E-state index is 10.7. The molecule has 0 aliphatic carbocycles. The van der Waals surface area contributed by atoms with Crippen molar-refractivity contribution in [1.29, 1.82) is 0 Å². The number of hydrogen-bond acceptors (Lipinski definition) is 4. The van der Waals surface area contributed by atoms with Gasteiger partial charge in [-0.15, -0.1) is 0 Å². The molecule has 0 aromatic carbocycles. The molecule has 0 aliphatic rings. The van der Waals surface area contributed by atoms with Crippen molar-refractivity contribution in [2.24, 2.45) is 0 Å². The lowest BCUT2D eigenvalue weighted by Gasteiger charge is -1.99. The molecule has 0 saturated carbocycles. The fourth-order valence-corrected chi connectivity index (χ4v) is 2.23. The summed E-state index contributed by atoms with van der Waals surface area (Å²) >= 11 is 0. The third-order valence-electron chi connectivity index (χ3n) is 3.74. The first kappa shape index (κ1) is 25.6. The molecule has 0 aromatic rings. The number of unbranched alkanes of at least 4 members (excludes halogenated alkanes) is 9. The van der Waals surface area contributed by atoms with Crippen LogP contribution in [0.15, 0.2) is 0 Å². The summed E-state index contributed by atoms with van der Waals surface area (Å²) in [5, 5.41) is 16.7. The van der Waals surface area contributed by atoms with Gasteiger partial charge in [-0.2, -0.15) is 0 Å². The van der Waals surface area contributed by atoms with Gasteiger partial charge in [0.1, 0.15) is 0 Å². The first-order valence-electron chi connectivity index (χ1n) is 9.44. The van der Waals surface area contributed by atoms with Crippen molar-refractivity contribution in [1.82, 2.24) is 0 Å². The standard InChI is InChI=1S/C10H18O4.C9H18O2/c1-14-10(13)8-6-4-2-3-5-7-9(11)12;1-2-3-4-5-6-7-8-9(10)11/h2-8H2,1H3,(H,11,12);2-8H2,1H3,(H,10,11). The zero-order valence-corrected chi connectivity index (χ0v) is 15.9. The number of carboxylic acid groups (broad SMARTS) is 2. The van der Waals surface area contributed by atoms with Crippen molar-refractivity contribution in [3.8, 4) is 0 Å². The van der Waals surface area contributed by atoms with Crippen LogP contribution in [-0.2, 0) is 19.1 Å². The lowest BCUT2D eigenvalue weighted by atomic mass is 10.1. The molecule has 0 radical (unpaired) electrons. The summed E-state index contributed by atoms with van der Waals surface area (Å²) in [6.45, 7) is 2.18. The van der Waals surface area contributed by atoms with Gasteiger partial charge in [0.2, 0.25) is 0 Å². The van der Waals surface area contributed by atoms with Crippen LogP contribution < -0.4 is 0 Å². The van der Waals surface area contributed by atoms with Gasteiger partial charge in [0.25, 0.3) is 0 Å². The normalized spacial score (nSPS) is 9.84. The molecule has 148 valence electrons. The van der Waals surface area contributed by atoms with Crippen molar-refractivity contribution in [3.63, 3.8) is 0 Å². The van der Waals surface area contributed by atoms with Crippen molar-refractivity contribution < 1.29 is 29.3 Å². The van der Waals surface area contributed by atoms with Gasteiger partial charge in [-0.05, 0) is 19.3 Å². The molecule has 0 aliphatic heterocycles. The second-order valence-electron chi connectivity index (χ2n) is 6.15. The number of carbonyl (C=O) groups excluding carboxylic acids is 1. The molecule has 0 unspecified atom stereocenters. The van der Waals surface area contributed by atoms with E-state index in [0.29, 0.717) is 12.8 Å². The van der Waals surface area contributed by atoms with E-state index in [2.05, 4.69) is 11.7 Å². The van der Waals surface area contributed by atoms with E-state index in [1.54, 1.807) is 0 Å². The lowest BCUT2D eigenvalue weighted by molar-refractivity contribution is -0.141. The molecular weight excluding hydrogens is 324 g/mol. The van der Waals surface area contributed by atoms with Gasteiger partial charge >= 0.3 is 17.9 Å². The minimum absolute atomic E-state index is 0.171. The number of carboxylic acids is 2. The van der Waals surface area contributed by atoms with E-state index in [0.717, 1.165) is 44.9 Å². The van der Waals surface area contributed by atoms with E-state index < -0.39 is 11.9 Å². The second-order valence-corrected chi connectivity index (χ2v) is 6.15. The number of hydrogen-bond donors (Lipinski definition) is 2. The maximum Gasteiger partial charge on any atom is 0.305 e. The van der Waals surface area contributed by atoms with Gasteiger partial charge in [-0.25, -0.2) is 0 Å². The minimum atomic E-state index is -0.737. The van der Waals surface area contributed by atoms with Crippen LogP contribution in [0.1, 0.15) is 96.8 Å². The first-order chi connectivity index (χ1) is 11.9. The lowest BCUT2D eigenvalue weighted by Crippen LogP contribution is -1.99. The van der Waals surface area contributed by atoms with Crippen LogP contribution in [0.2, 0.25) is 0 Å². The van der Waals surface area contributed by atoms with Gasteiger partial charge in [-0.3, -0.25) is 14.4 Å². The Morgan fingerprint density at radius 2 is 1.00 bits per heavy atom. The zero-order chi connectivity index (χ0) is 19.3. The fourth-order valence-electron chi connectivity index (χ4n) is 2.23. The van der Waals surface area contributed by atoms with Crippen LogP contribution in [0.25, 0.3) is 0 Å². The molecule has 0 amide bonds. The first-order valence-corrected chi connectivity index (χ1v) is 9.44. The van der Waals surface area contributed by atoms with E-state index in [9.17, 15) is 14.4 Å². The zero-order valence-electron chi connectivity index (χ0n) is 15.9. The third kappa shape index (κ3) is 27.5. The molecule has 6 heteroatoms. The van der Waals surface area contributed by atoms with Crippen molar-refractivity contribution in [2.45, 2.75) is 96.8 Å². The fraction of sp³-hybridized carbons (Fsp3) is 0.842. The quantitative estimate of drug-likeness (QED) is 0.321. The van der Waals surface area contributed by atoms with Crippen molar-refractivity contribution in [3.05, 3.63) is 0 Å². The van der Waals surface area contributed by atoms with Crippen LogP contribution in [0, 0.1) is 0 Å². The largest absolute Gasteiger partial charge is 0.481 e. The highest BCUT2D eigenvalue weighted by atomic mass is 16.5. The highest BCUT2D eigenvalue weighted by Crippen LogP contribution is 2.07. The molecule has 0 rings (SSSR count). The molecule has 6 nitrogen and oxygen atoms in total.